The van der Waals surface area contributed by atoms with Gasteiger partial charge in [-0.15, -0.1) is 0 Å². The highest BCUT2D eigenvalue weighted by molar-refractivity contribution is 9.29. The van der Waals surface area contributed by atoms with E-state index in [4.69, 9.17) is 0 Å². The van der Waals surface area contributed by atoms with Gasteiger partial charge in [0.25, 0.3) is 0 Å². The monoisotopic (exact) mass is 632 g/mol. The predicted octanol–water partition coefficient (Wildman–Crippen LogP) is 8.59. The summed E-state index contributed by atoms with van der Waals surface area (Å²) in [5.74, 6) is 0. The summed E-state index contributed by atoms with van der Waals surface area (Å²) in [6.07, 6.45) is 8.41. The van der Waals surface area contributed by atoms with Crippen LogP contribution >= 0.6 is 95.6 Å². The average Bonchev–Trinajstić information content (AvgIpc) is 2.35. The Labute approximate surface area is 160 Å². The molecule has 0 atom stereocenters. The third-order valence-corrected chi connectivity index (χ3v) is 8.73. The van der Waals surface area contributed by atoms with Crippen molar-refractivity contribution in [3.8, 4) is 0 Å². The molecular weight excluding hydrogens is 624 g/mol. The van der Waals surface area contributed by atoms with Crippen molar-refractivity contribution in [3.05, 3.63) is 27.4 Å². The first-order valence-electron chi connectivity index (χ1n) is 5.54. The van der Waals surface area contributed by atoms with Crippen LogP contribution < -0.4 is 0 Å². The Hall–Kier alpha value is 2.10. The topological polar surface area (TPSA) is 0 Å². The summed E-state index contributed by atoms with van der Waals surface area (Å²) in [7, 11) is 0. The highest BCUT2D eigenvalue weighted by Crippen LogP contribution is 2.40. The van der Waals surface area contributed by atoms with Crippen molar-refractivity contribution in [1.29, 1.82) is 0 Å². The van der Waals surface area contributed by atoms with Gasteiger partial charge in [0.1, 0.15) is 0 Å². The Morgan fingerprint density at radius 2 is 1.39 bits per heavy atom. The van der Waals surface area contributed by atoms with Crippen LogP contribution in [0.2, 0.25) is 0 Å². The maximum Gasteiger partial charge on any atom is 0.0757 e. The van der Waals surface area contributed by atoms with Crippen molar-refractivity contribution in [3.63, 3.8) is 0 Å². The second-order valence-electron chi connectivity index (χ2n) is 3.60. The van der Waals surface area contributed by atoms with Crippen LogP contribution in [-0.4, -0.2) is 0 Å². The van der Waals surface area contributed by atoms with Crippen molar-refractivity contribution in [2.75, 3.05) is 0 Å². The number of allylic oxidation sites excluding steroid dienone is 5. The van der Waals surface area contributed by atoms with Crippen LogP contribution in [0.15, 0.2) is 27.4 Å². The van der Waals surface area contributed by atoms with Crippen LogP contribution in [-0.2, 0) is 0 Å². The lowest BCUT2D eigenvalue weighted by molar-refractivity contribution is 0.674. The maximum atomic E-state index is 3.58. The van der Waals surface area contributed by atoms with Crippen LogP contribution in [0.4, 0.5) is 0 Å². The first kappa shape index (κ1) is 20.1. The molecule has 0 N–H and O–H groups in total. The lowest BCUT2D eigenvalue weighted by Gasteiger charge is -2.04. The van der Waals surface area contributed by atoms with Gasteiger partial charge in [0, 0.05) is 13.4 Å². The summed E-state index contributed by atoms with van der Waals surface area (Å²) in [5, 5.41) is 0. The van der Waals surface area contributed by atoms with E-state index in [1.165, 1.54) is 25.7 Å². The van der Waals surface area contributed by atoms with E-state index in [1.54, 1.807) is 0 Å². The van der Waals surface area contributed by atoms with Crippen molar-refractivity contribution in [2.24, 2.45) is 0 Å². The van der Waals surface area contributed by atoms with E-state index in [1.807, 2.05) is 0 Å². The number of hydrogen-bond acceptors (Lipinski definition) is 0. The fourth-order valence-corrected chi connectivity index (χ4v) is 4.03. The van der Waals surface area contributed by atoms with Crippen LogP contribution in [0.1, 0.15) is 39.0 Å². The van der Waals surface area contributed by atoms with Crippen molar-refractivity contribution >= 4 is 95.6 Å². The SMILES string of the molecule is CCCCCC/C=C(Br)/C(Br)=C(\Br)C(Br)=C(Br)Br. The van der Waals surface area contributed by atoms with Gasteiger partial charge in [-0.3, -0.25) is 0 Å². The summed E-state index contributed by atoms with van der Waals surface area (Å²) in [4.78, 5) is 0. The Balaban J connectivity index is 4.58. The molecule has 0 aromatic heterocycles. The number of rotatable bonds is 7. The average molecular weight is 638 g/mol. The maximum absolute atomic E-state index is 3.58. The minimum absolute atomic E-state index is 0.863. The van der Waals surface area contributed by atoms with Crippen molar-refractivity contribution in [2.45, 2.75) is 39.0 Å². The van der Waals surface area contributed by atoms with E-state index in [0.29, 0.717) is 0 Å². The summed E-state index contributed by atoms with van der Waals surface area (Å²) in [5.41, 5.74) is 0. The molecule has 0 saturated carbocycles. The van der Waals surface area contributed by atoms with E-state index in [0.717, 1.165) is 27.7 Å². The Kier molecular flexibility index (Phi) is 13.1. The van der Waals surface area contributed by atoms with Gasteiger partial charge >= 0.3 is 0 Å². The van der Waals surface area contributed by atoms with E-state index >= 15 is 0 Å². The fourth-order valence-electron chi connectivity index (χ4n) is 1.17. The van der Waals surface area contributed by atoms with Gasteiger partial charge in [-0.05, 0) is 108 Å². The molecule has 0 aliphatic heterocycles. The lowest BCUT2D eigenvalue weighted by Crippen LogP contribution is -1.81. The van der Waals surface area contributed by atoms with E-state index in [2.05, 4.69) is 109 Å². The van der Waals surface area contributed by atoms with Gasteiger partial charge < -0.3 is 0 Å². The highest BCUT2D eigenvalue weighted by Gasteiger charge is 2.09. The van der Waals surface area contributed by atoms with Crippen LogP contribution in [0.3, 0.4) is 0 Å². The number of halogens is 6. The quantitative estimate of drug-likeness (QED) is 0.194. The van der Waals surface area contributed by atoms with Gasteiger partial charge in [0.15, 0.2) is 0 Å². The third kappa shape index (κ3) is 8.40. The zero-order valence-corrected chi connectivity index (χ0v) is 19.4. The lowest BCUT2D eigenvalue weighted by atomic mass is 10.1. The molecular formula is C12H14Br6. The molecule has 104 valence electrons. The highest BCUT2D eigenvalue weighted by atomic mass is 79.9. The van der Waals surface area contributed by atoms with Crippen LogP contribution in [0.25, 0.3) is 0 Å². The molecule has 0 unspecified atom stereocenters. The predicted molar refractivity (Wildman–Crippen MR) is 104 cm³/mol. The first-order valence-corrected chi connectivity index (χ1v) is 10.3. The molecule has 0 nitrogen and oxygen atoms in total. The molecule has 0 saturated heterocycles. The molecule has 0 aliphatic rings. The van der Waals surface area contributed by atoms with Crippen LogP contribution in [0.5, 0.6) is 0 Å². The van der Waals surface area contributed by atoms with Crippen molar-refractivity contribution in [1.82, 2.24) is 0 Å². The zero-order valence-electron chi connectivity index (χ0n) is 9.88. The second kappa shape index (κ2) is 11.7. The normalized spacial score (nSPS) is 13.4. The molecule has 0 bridgehead atoms. The molecule has 0 aromatic carbocycles. The third-order valence-electron chi connectivity index (χ3n) is 2.14. The van der Waals surface area contributed by atoms with Gasteiger partial charge in [0.05, 0.1) is 7.87 Å². The number of unbranched alkanes of at least 4 members (excludes halogenated alkanes) is 4. The molecule has 0 radical (unpaired) electrons. The molecule has 18 heavy (non-hydrogen) atoms. The summed E-state index contributed by atoms with van der Waals surface area (Å²) in [6, 6.07) is 0. The molecule has 0 spiro atoms. The van der Waals surface area contributed by atoms with Gasteiger partial charge in [-0.1, -0.05) is 32.3 Å². The summed E-state index contributed by atoms with van der Waals surface area (Å²) >= 11 is 20.9. The minimum Gasteiger partial charge on any atom is -0.0691 e. The molecule has 6 heteroatoms. The fraction of sp³-hybridized carbons (Fsp3) is 0.500. The van der Waals surface area contributed by atoms with Gasteiger partial charge in [0.2, 0.25) is 0 Å². The largest absolute Gasteiger partial charge is 0.0757 e. The zero-order chi connectivity index (χ0) is 14.1. The molecule has 0 rings (SSSR count). The second-order valence-corrected chi connectivity index (χ2v) is 9.49. The van der Waals surface area contributed by atoms with E-state index in [-0.39, 0.29) is 0 Å². The van der Waals surface area contributed by atoms with E-state index in [9.17, 15) is 0 Å². The molecule has 0 aromatic rings. The minimum atomic E-state index is 0.863. The van der Waals surface area contributed by atoms with Gasteiger partial charge in [-0.2, -0.15) is 0 Å². The van der Waals surface area contributed by atoms with Crippen molar-refractivity contribution < 1.29 is 0 Å². The molecule has 0 fully saturated rings. The Morgan fingerprint density at radius 3 is 1.89 bits per heavy atom. The first-order chi connectivity index (χ1) is 8.41. The molecule has 0 aliphatic carbocycles. The number of hydrogen-bond donors (Lipinski definition) is 0. The molecule has 0 amide bonds. The van der Waals surface area contributed by atoms with E-state index < -0.39 is 0 Å². The Morgan fingerprint density at radius 1 is 0.778 bits per heavy atom. The summed E-state index contributed by atoms with van der Waals surface area (Å²) < 4.78 is 4.78. The summed E-state index contributed by atoms with van der Waals surface area (Å²) in [6.45, 7) is 2.23. The van der Waals surface area contributed by atoms with Crippen LogP contribution in [0, 0.1) is 0 Å². The Bertz CT molecular complexity index is 350. The molecule has 0 heterocycles. The smallest absolute Gasteiger partial charge is 0.0691 e. The van der Waals surface area contributed by atoms with Gasteiger partial charge in [-0.25, -0.2) is 0 Å². The standard InChI is InChI=1S/C12H14Br6/c1-2-3-4-5-6-7-8(13)9(14)10(15)11(16)12(17)18/h7H,2-6H2,1H3/b8-7-,10-9+.